The Morgan fingerprint density at radius 1 is 0.895 bits per heavy atom. The predicted octanol–water partition coefficient (Wildman–Crippen LogP) is 5.08. The Kier molecular flexibility index (Phi) is 9.02. The number of benzene rings is 3. The molecule has 0 unspecified atom stereocenters. The van der Waals surface area contributed by atoms with Gasteiger partial charge in [-0.2, -0.15) is 0 Å². The summed E-state index contributed by atoms with van der Waals surface area (Å²) in [6, 6.07) is 23.8. The van der Waals surface area contributed by atoms with Crippen molar-refractivity contribution in [3.8, 4) is 5.75 Å². The van der Waals surface area contributed by atoms with Crippen LogP contribution in [0.15, 0.2) is 72.8 Å². The molecule has 1 heterocycles. The third-order valence-electron chi connectivity index (χ3n) is 7.34. The molecule has 4 rings (SSSR count). The van der Waals surface area contributed by atoms with E-state index in [9.17, 15) is 9.59 Å². The second-order valence-corrected chi connectivity index (χ2v) is 9.66. The minimum absolute atomic E-state index is 0.0377. The van der Waals surface area contributed by atoms with Crippen molar-refractivity contribution in [2.24, 2.45) is 5.73 Å². The van der Waals surface area contributed by atoms with Gasteiger partial charge in [0.2, 0.25) is 5.91 Å². The van der Waals surface area contributed by atoms with E-state index in [0.29, 0.717) is 24.2 Å². The van der Waals surface area contributed by atoms with Crippen LogP contribution in [0.25, 0.3) is 0 Å². The van der Waals surface area contributed by atoms with Gasteiger partial charge < -0.3 is 20.3 Å². The minimum Gasteiger partial charge on any atom is -0.497 e. The number of ether oxygens (including phenoxy) is 1. The first-order valence-corrected chi connectivity index (χ1v) is 13.4. The van der Waals surface area contributed by atoms with E-state index in [1.54, 1.807) is 13.2 Å². The van der Waals surface area contributed by atoms with Crippen molar-refractivity contribution >= 4 is 23.2 Å². The summed E-state index contributed by atoms with van der Waals surface area (Å²) in [5.41, 5.74) is 9.96. The molecule has 200 valence electrons. The molecular weight excluding hydrogens is 476 g/mol. The number of nitrogens with two attached hydrogens (primary N) is 1. The van der Waals surface area contributed by atoms with Gasteiger partial charge in [0, 0.05) is 61.3 Å². The number of piperidine rings is 1. The highest BCUT2D eigenvalue weighted by atomic mass is 16.5. The Hall–Kier alpha value is -3.84. The lowest BCUT2D eigenvalue weighted by atomic mass is 9.99. The van der Waals surface area contributed by atoms with Crippen LogP contribution in [0.3, 0.4) is 0 Å². The largest absolute Gasteiger partial charge is 0.497 e. The van der Waals surface area contributed by atoms with Crippen LogP contribution in [0.2, 0.25) is 0 Å². The molecule has 0 radical (unpaired) electrons. The fourth-order valence-corrected chi connectivity index (χ4v) is 5.16. The number of primary amides is 1. The van der Waals surface area contributed by atoms with Crippen LogP contribution in [0.5, 0.6) is 5.75 Å². The standard InChI is InChI=1S/C31H38N4O3/c1-4-34(5-2)31(37)24-11-13-26(14-12-24)35(28-8-6-7-25(21-28)30(32)36)27-17-19-33(20-18-27)22-23-9-15-29(38-3)16-10-23/h6-16,21,27H,4-5,17-20,22H2,1-3H3,(H2,32,36). The molecule has 0 bridgehead atoms. The average molecular weight is 515 g/mol. The van der Waals surface area contributed by atoms with Gasteiger partial charge >= 0.3 is 0 Å². The monoisotopic (exact) mass is 514 g/mol. The van der Waals surface area contributed by atoms with Gasteiger partial charge in [0.05, 0.1) is 7.11 Å². The number of hydrogen-bond acceptors (Lipinski definition) is 5. The molecule has 0 aromatic heterocycles. The molecular formula is C31H38N4O3. The van der Waals surface area contributed by atoms with Crippen molar-refractivity contribution in [3.05, 3.63) is 89.5 Å². The first-order valence-electron chi connectivity index (χ1n) is 13.4. The topological polar surface area (TPSA) is 79.1 Å². The molecule has 0 saturated carbocycles. The molecule has 3 aromatic rings. The summed E-state index contributed by atoms with van der Waals surface area (Å²) in [6.07, 6.45) is 1.94. The fraction of sp³-hybridized carbons (Fsp3) is 0.355. The lowest BCUT2D eigenvalue weighted by molar-refractivity contribution is 0.0772. The molecule has 7 heteroatoms. The smallest absolute Gasteiger partial charge is 0.253 e. The zero-order valence-electron chi connectivity index (χ0n) is 22.6. The van der Waals surface area contributed by atoms with E-state index < -0.39 is 5.91 Å². The molecule has 1 saturated heterocycles. The van der Waals surface area contributed by atoms with Crippen LogP contribution < -0.4 is 15.4 Å². The first kappa shape index (κ1) is 27.2. The zero-order valence-corrected chi connectivity index (χ0v) is 22.6. The van der Waals surface area contributed by atoms with E-state index in [-0.39, 0.29) is 11.9 Å². The number of methoxy groups -OCH3 is 1. The van der Waals surface area contributed by atoms with E-state index in [4.69, 9.17) is 10.5 Å². The Morgan fingerprint density at radius 2 is 1.55 bits per heavy atom. The predicted molar refractivity (Wildman–Crippen MR) is 152 cm³/mol. The lowest BCUT2D eigenvalue weighted by Gasteiger charge is -2.40. The number of nitrogens with zero attached hydrogens (tertiary/aromatic N) is 3. The average Bonchev–Trinajstić information content (AvgIpc) is 2.95. The SMILES string of the molecule is CCN(CC)C(=O)c1ccc(N(c2cccc(C(N)=O)c2)C2CCN(Cc3ccc(OC)cc3)CC2)cc1. The molecule has 1 aliphatic rings. The van der Waals surface area contributed by atoms with Crippen molar-refractivity contribution in [3.63, 3.8) is 0 Å². The highest BCUT2D eigenvalue weighted by Crippen LogP contribution is 2.33. The van der Waals surface area contributed by atoms with Gasteiger partial charge in [-0.1, -0.05) is 18.2 Å². The Labute approximate surface area is 225 Å². The van der Waals surface area contributed by atoms with Gasteiger partial charge in [-0.15, -0.1) is 0 Å². The van der Waals surface area contributed by atoms with Gasteiger partial charge in [-0.05, 0) is 86.8 Å². The fourth-order valence-electron chi connectivity index (χ4n) is 5.16. The van der Waals surface area contributed by atoms with Gasteiger partial charge in [-0.25, -0.2) is 0 Å². The zero-order chi connectivity index (χ0) is 27.1. The van der Waals surface area contributed by atoms with Crippen LogP contribution in [0.1, 0.15) is 53.0 Å². The third-order valence-corrected chi connectivity index (χ3v) is 7.34. The summed E-state index contributed by atoms with van der Waals surface area (Å²) in [7, 11) is 1.68. The second kappa shape index (κ2) is 12.6. The maximum absolute atomic E-state index is 12.8. The normalized spacial score (nSPS) is 14.2. The van der Waals surface area contributed by atoms with Crippen LogP contribution in [0.4, 0.5) is 11.4 Å². The summed E-state index contributed by atoms with van der Waals surface area (Å²) in [4.78, 5) is 31.4. The van der Waals surface area contributed by atoms with Crippen LogP contribution >= 0.6 is 0 Å². The molecule has 2 N–H and O–H groups in total. The van der Waals surface area contributed by atoms with Crippen LogP contribution in [-0.4, -0.2) is 60.9 Å². The van der Waals surface area contributed by atoms with Gasteiger partial charge in [0.15, 0.2) is 0 Å². The molecule has 1 fully saturated rings. The molecule has 3 aromatic carbocycles. The van der Waals surface area contributed by atoms with Crippen molar-refractivity contribution in [2.75, 3.05) is 38.2 Å². The third kappa shape index (κ3) is 6.34. The highest BCUT2D eigenvalue weighted by Gasteiger charge is 2.27. The van der Waals surface area contributed by atoms with Gasteiger partial charge in [0.1, 0.15) is 5.75 Å². The van der Waals surface area contributed by atoms with E-state index in [1.165, 1.54) is 5.56 Å². The highest BCUT2D eigenvalue weighted by molar-refractivity contribution is 5.95. The Morgan fingerprint density at radius 3 is 2.13 bits per heavy atom. The van der Waals surface area contributed by atoms with Crippen molar-refractivity contribution < 1.29 is 14.3 Å². The van der Waals surface area contributed by atoms with Crippen molar-refractivity contribution in [1.82, 2.24) is 9.80 Å². The number of hydrogen-bond donors (Lipinski definition) is 1. The first-order chi connectivity index (χ1) is 18.4. The molecule has 0 aliphatic carbocycles. The van der Waals surface area contributed by atoms with Crippen LogP contribution in [0, 0.1) is 0 Å². The summed E-state index contributed by atoms with van der Waals surface area (Å²) >= 11 is 0. The van der Waals surface area contributed by atoms with Crippen LogP contribution in [-0.2, 0) is 6.54 Å². The molecule has 38 heavy (non-hydrogen) atoms. The summed E-state index contributed by atoms with van der Waals surface area (Å²) < 4.78 is 5.28. The minimum atomic E-state index is -0.443. The maximum Gasteiger partial charge on any atom is 0.253 e. The van der Waals surface area contributed by atoms with E-state index in [1.807, 2.05) is 73.3 Å². The van der Waals surface area contributed by atoms with Crippen molar-refractivity contribution in [2.45, 2.75) is 39.3 Å². The van der Waals surface area contributed by atoms with E-state index in [0.717, 1.165) is 49.6 Å². The Bertz CT molecular complexity index is 1210. The molecule has 0 atom stereocenters. The molecule has 7 nitrogen and oxygen atoms in total. The number of carbonyl (C=O) groups is 2. The summed E-state index contributed by atoms with van der Waals surface area (Å²) in [6.45, 7) is 8.16. The van der Waals surface area contributed by atoms with Gasteiger partial charge in [0.25, 0.3) is 5.91 Å². The number of carbonyl (C=O) groups excluding carboxylic acids is 2. The molecule has 1 aliphatic heterocycles. The number of amides is 2. The molecule has 2 amide bonds. The summed E-state index contributed by atoms with van der Waals surface area (Å²) in [5, 5.41) is 0. The lowest BCUT2D eigenvalue weighted by Crippen LogP contribution is -2.43. The van der Waals surface area contributed by atoms with E-state index >= 15 is 0 Å². The quantitative estimate of drug-likeness (QED) is 0.408. The number of anilines is 2. The second-order valence-electron chi connectivity index (χ2n) is 9.66. The Balaban J connectivity index is 1.55. The van der Waals surface area contributed by atoms with Gasteiger partial charge in [-0.3, -0.25) is 14.5 Å². The number of likely N-dealkylation sites (tertiary alicyclic amines) is 1. The maximum atomic E-state index is 12.8. The number of rotatable bonds is 10. The van der Waals surface area contributed by atoms with E-state index in [2.05, 4.69) is 21.9 Å². The van der Waals surface area contributed by atoms with Crippen molar-refractivity contribution in [1.29, 1.82) is 0 Å². The summed E-state index contributed by atoms with van der Waals surface area (Å²) in [5.74, 6) is 0.461. The molecule has 0 spiro atoms.